The van der Waals surface area contributed by atoms with Crippen molar-refractivity contribution >= 4 is 17.1 Å². The molecule has 1 rings (SSSR count). The van der Waals surface area contributed by atoms with E-state index >= 15 is 0 Å². The van der Waals surface area contributed by atoms with Gasteiger partial charge in [-0.25, -0.2) is 0 Å². The van der Waals surface area contributed by atoms with Crippen LogP contribution in [-0.2, 0) is 0 Å². The zero-order valence-electron chi connectivity index (χ0n) is 10.1. The summed E-state index contributed by atoms with van der Waals surface area (Å²) in [4.78, 5) is 21.9. The van der Waals surface area contributed by atoms with Gasteiger partial charge in [0.05, 0.1) is 15.9 Å². The molecule has 0 saturated heterocycles. The molecule has 0 aliphatic heterocycles. The first-order valence-electron chi connectivity index (χ1n) is 5.11. The van der Waals surface area contributed by atoms with E-state index in [1.807, 2.05) is 0 Å². The van der Waals surface area contributed by atoms with Crippen molar-refractivity contribution in [1.82, 2.24) is 0 Å². The van der Waals surface area contributed by atoms with E-state index in [2.05, 4.69) is 6.58 Å². The van der Waals surface area contributed by atoms with Gasteiger partial charge in [-0.05, 0) is 13.0 Å². The minimum absolute atomic E-state index is 0.284. The molecule has 0 amide bonds. The van der Waals surface area contributed by atoms with Crippen LogP contribution >= 0.6 is 0 Å². The van der Waals surface area contributed by atoms with Crippen LogP contribution in [0.5, 0.6) is 0 Å². The Hall–Kier alpha value is -2.44. The summed E-state index contributed by atoms with van der Waals surface area (Å²) < 4.78 is 0. The maximum atomic E-state index is 10.9. The van der Waals surface area contributed by atoms with Crippen LogP contribution in [0.2, 0.25) is 0 Å². The first kappa shape index (κ1) is 13.6. The van der Waals surface area contributed by atoms with Gasteiger partial charge in [0.1, 0.15) is 5.69 Å². The smallest absolute Gasteiger partial charge is 0.299 e. The zero-order valence-corrected chi connectivity index (χ0v) is 10.1. The Labute approximate surface area is 104 Å². The Morgan fingerprint density at radius 3 is 2.39 bits per heavy atom. The van der Waals surface area contributed by atoms with Gasteiger partial charge in [0.25, 0.3) is 11.4 Å². The monoisotopic (exact) mass is 251 g/mol. The third kappa shape index (κ3) is 3.03. The van der Waals surface area contributed by atoms with Gasteiger partial charge in [0.2, 0.25) is 0 Å². The molecule has 1 aromatic rings. The quantitative estimate of drug-likeness (QED) is 0.455. The first-order chi connectivity index (χ1) is 8.32. The highest BCUT2D eigenvalue weighted by molar-refractivity contribution is 5.66. The van der Waals surface area contributed by atoms with Crippen molar-refractivity contribution in [2.24, 2.45) is 0 Å². The molecule has 0 bridgehead atoms. The summed E-state index contributed by atoms with van der Waals surface area (Å²) >= 11 is 0. The highest BCUT2D eigenvalue weighted by Crippen LogP contribution is 2.31. The molecule has 96 valence electrons. The van der Waals surface area contributed by atoms with Crippen molar-refractivity contribution < 1.29 is 9.85 Å². The van der Waals surface area contributed by atoms with E-state index in [0.29, 0.717) is 12.2 Å². The Balaban J connectivity index is 3.23. The van der Waals surface area contributed by atoms with Gasteiger partial charge in [0, 0.05) is 19.7 Å². The molecule has 0 radical (unpaired) electrons. The molecule has 0 spiro atoms. The van der Waals surface area contributed by atoms with Gasteiger partial charge in [-0.15, -0.1) is 0 Å². The van der Waals surface area contributed by atoms with Gasteiger partial charge >= 0.3 is 0 Å². The predicted octanol–water partition coefficient (Wildman–Crippen LogP) is 2.52. The molecular weight excluding hydrogens is 238 g/mol. The van der Waals surface area contributed by atoms with Crippen molar-refractivity contribution in [3.63, 3.8) is 0 Å². The zero-order chi connectivity index (χ0) is 13.9. The Morgan fingerprint density at radius 2 is 1.94 bits per heavy atom. The van der Waals surface area contributed by atoms with Crippen LogP contribution in [0.1, 0.15) is 6.92 Å². The second-order valence-corrected chi connectivity index (χ2v) is 4.00. The molecule has 0 unspecified atom stereocenters. The van der Waals surface area contributed by atoms with Crippen LogP contribution in [0.15, 0.2) is 30.4 Å². The number of nitrogens with zero attached hydrogens (tertiary/aromatic N) is 3. The molecule has 0 saturated carbocycles. The van der Waals surface area contributed by atoms with E-state index in [-0.39, 0.29) is 11.4 Å². The van der Waals surface area contributed by atoms with Gasteiger partial charge in [-0.3, -0.25) is 20.2 Å². The molecule has 7 nitrogen and oxygen atoms in total. The highest BCUT2D eigenvalue weighted by atomic mass is 16.6. The maximum absolute atomic E-state index is 10.9. The van der Waals surface area contributed by atoms with Gasteiger partial charge in [0.15, 0.2) is 0 Å². The van der Waals surface area contributed by atoms with Crippen molar-refractivity contribution in [3.8, 4) is 0 Å². The minimum atomic E-state index is -0.657. The predicted molar refractivity (Wildman–Crippen MR) is 67.8 cm³/mol. The second-order valence-electron chi connectivity index (χ2n) is 4.00. The summed E-state index contributed by atoms with van der Waals surface area (Å²) in [6.45, 7) is 5.96. The fraction of sp³-hybridized carbons (Fsp3) is 0.273. The Morgan fingerprint density at radius 1 is 1.33 bits per heavy atom. The topological polar surface area (TPSA) is 89.5 Å². The molecule has 0 aromatic heterocycles. The average molecular weight is 251 g/mol. The maximum Gasteiger partial charge on any atom is 0.299 e. The summed E-state index contributed by atoms with van der Waals surface area (Å²) in [5, 5.41) is 21.5. The van der Waals surface area contributed by atoms with Gasteiger partial charge < -0.3 is 4.90 Å². The van der Waals surface area contributed by atoms with Gasteiger partial charge in [-0.1, -0.05) is 12.2 Å². The number of hydrogen-bond donors (Lipinski definition) is 0. The fourth-order valence-corrected chi connectivity index (χ4v) is 1.58. The summed E-state index contributed by atoms with van der Waals surface area (Å²) in [7, 11) is 1.67. The van der Waals surface area contributed by atoms with E-state index in [1.54, 1.807) is 18.9 Å². The Kier molecular flexibility index (Phi) is 3.98. The lowest BCUT2D eigenvalue weighted by atomic mass is 10.2. The number of rotatable bonds is 5. The molecule has 7 heteroatoms. The lowest BCUT2D eigenvalue weighted by Crippen LogP contribution is -2.20. The highest BCUT2D eigenvalue weighted by Gasteiger charge is 2.21. The first-order valence-corrected chi connectivity index (χ1v) is 5.11. The standard InChI is InChI=1S/C11H13N3O4/c1-8(2)7-12(3)10-5-4-9(13(15)16)6-11(10)14(17)18/h4-6H,1,7H2,2-3H3. The summed E-state index contributed by atoms with van der Waals surface area (Å²) in [6.07, 6.45) is 0. The molecular formula is C11H13N3O4. The van der Waals surface area contributed by atoms with Gasteiger partial charge in [-0.2, -0.15) is 0 Å². The Bertz CT molecular complexity index is 513. The number of benzene rings is 1. The van der Waals surface area contributed by atoms with Crippen molar-refractivity contribution in [1.29, 1.82) is 0 Å². The van der Waals surface area contributed by atoms with E-state index in [1.165, 1.54) is 12.1 Å². The number of non-ortho nitro benzene ring substituents is 1. The van der Waals surface area contributed by atoms with Crippen molar-refractivity contribution in [3.05, 3.63) is 50.6 Å². The fourth-order valence-electron chi connectivity index (χ4n) is 1.58. The van der Waals surface area contributed by atoms with Crippen molar-refractivity contribution in [2.45, 2.75) is 6.92 Å². The molecule has 0 heterocycles. The SMILES string of the molecule is C=C(C)CN(C)c1ccc([N+](=O)[O-])cc1[N+](=O)[O-]. The van der Waals surface area contributed by atoms with Crippen LogP contribution in [0.3, 0.4) is 0 Å². The molecule has 0 N–H and O–H groups in total. The number of hydrogen-bond acceptors (Lipinski definition) is 5. The number of nitro benzene ring substituents is 2. The molecule has 0 aliphatic rings. The summed E-state index contributed by atoms with van der Waals surface area (Å²) in [5.41, 5.74) is 0.584. The van der Waals surface area contributed by atoms with Crippen molar-refractivity contribution in [2.75, 3.05) is 18.5 Å². The number of anilines is 1. The summed E-state index contributed by atoms with van der Waals surface area (Å²) in [5.74, 6) is 0. The lowest BCUT2D eigenvalue weighted by molar-refractivity contribution is -0.393. The average Bonchev–Trinajstić information content (AvgIpc) is 2.26. The van der Waals surface area contributed by atoms with E-state index in [4.69, 9.17) is 0 Å². The van der Waals surface area contributed by atoms with Crippen LogP contribution < -0.4 is 4.90 Å². The van der Waals surface area contributed by atoms with Crippen LogP contribution in [-0.4, -0.2) is 23.4 Å². The van der Waals surface area contributed by atoms with Crippen LogP contribution in [0, 0.1) is 20.2 Å². The third-order valence-corrected chi connectivity index (χ3v) is 2.28. The van der Waals surface area contributed by atoms with Crippen LogP contribution in [0.4, 0.5) is 17.1 Å². The van der Waals surface area contributed by atoms with E-state index < -0.39 is 9.85 Å². The number of nitro groups is 2. The van der Waals surface area contributed by atoms with E-state index in [9.17, 15) is 20.2 Å². The molecule has 0 fully saturated rings. The molecule has 1 aromatic carbocycles. The normalized spacial score (nSPS) is 9.89. The second kappa shape index (κ2) is 5.26. The third-order valence-electron chi connectivity index (χ3n) is 2.28. The molecule has 18 heavy (non-hydrogen) atoms. The van der Waals surface area contributed by atoms with Crippen LogP contribution in [0.25, 0.3) is 0 Å². The molecule has 0 atom stereocenters. The van der Waals surface area contributed by atoms with E-state index in [0.717, 1.165) is 11.6 Å². The number of likely N-dealkylation sites (N-methyl/N-ethyl adjacent to an activating group) is 1. The largest absolute Gasteiger partial charge is 0.365 e. The minimum Gasteiger partial charge on any atom is -0.365 e. The molecule has 0 aliphatic carbocycles. The lowest BCUT2D eigenvalue weighted by Gasteiger charge is -2.18. The summed E-state index contributed by atoms with van der Waals surface area (Å²) in [6, 6.07) is 3.58.